The Kier molecular flexibility index (Phi) is 5.00. The van der Waals surface area contributed by atoms with Crippen LogP contribution in [0.2, 0.25) is 0 Å². The Bertz CT molecular complexity index is 769. The summed E-state index contributed by atoms with van der Waals surface area (Å²) < 4.78 is 2.19. The summed E-state index contributed by atoms with van der Waals surface area (Å²) in [4.78, 5) is 16.2. The van der Waals surface area contributed by atoms with Crippen molar-refractivity contribution in [3.05, 3.63) is 36.0 Å². The van der Waals surface area contributed by atoms with Gasteiger partial charge in [0, 0.05) is 31.3 Å². The molecule has 1 N–H and O–H groups in total. The first kappa shape index (κ1) is 17.6. The third-order valence-electron chi connectivity index (χ3n) is 6.31. The molecule has 140 valence electrons. The van der Waals surface area contributed by atoms with Gasteiger partial charge in [0.15, 0.2) is 0 Å². The molecular formula is C21H29N3O2. The first-order valence-electron chi connectivity index (χ1n) is 9.83. The number of likely N-dealkylation sites (tertiary alicyclic amines) is 2. The SMILES string of the molecule is Cn1ccc2ccc(CN3CCC(N4CCC(C(=O)O)CC4)CC3)cc21. The maximum Gasteiger partial charge on any atom is 0.306 e. The molecule has 26 heavy (non-hydrogen) atoms. The molecule has 1 aromatic heterocycles. The molecule has 0 spiro atoms. The van der Waals surface area contributed by atoms with Crippen LogP contribution in [0.4, 0.5) is 0 Å². The predicted molar refractivity (Wildman–Crippen MR) is 103 cm³/mol. The van der Waals surface area contributed by atoms with Crippen molar-refractivity contribution < 1.29 is 9.90 Å². The van der Waals surface area contributed by atoms with Gasteiger partial charge in [-0.1, -0.05) is 12.1 Å². The van der Waals surface area contributed by atoms with Crippen molar-refractivity contribution in [2.24, 2.45) is 13.0 Å². The van der Waals surface area contributed by atoms with Crippen molar-refractivity contribution in [1.29, 1.82) is 0 Å². The Morgan fingerprint density at radius 2 is 1.81 bits per heavy atom. The Morgan fingerprint density at radius 3 is 2.50 bits per heavy atom. The van der Waals surface area contributed by atoms with Gasteiger partial charge in [0.1, 0.15) is 0 Å². The van der Waals surface area contributed by atoms with Crippen LogP contribution >= 0.6 is 0 Å². The Hall–Kier alpha value is -1.85. The van der Waals surface area contributed by atoms with Crippen LogP contribution in [0.25, 0.3) is 10.9 Å². The first-order valence-corrected chi connectivity index (χ1v) is 9.83. The number of nitrogens with zero attached hydrogens (tertiary/aromatic N) is 3. The molecule has 0 aliphatic carbocycles. The van der Waals surface area contributed by atoms with E-state index in [2.05, 4.69) is 51.9 Å². The lowest BCUT2D eigenvalue weighted by Gasteiger charge is -2.41. The number of aromatic nitrogens is 1. The van der Waals surface area contributed by atoms with E-state index in [1.807, 2.05) is 0 Å². The van der Waals surface area contributed by atoms with Crippen LogP contribution in [0.5, 0.6) is 0 Å². The van der Waals surface area contributed by atoms with Gasteiger partial charge in [-0.2, -0.15) is 0 Å². The number of hydrogen-bond acceptors (Lipinski definition) is 3. The van der Waals surface area contributed by atoms with Gasteiger partial charge in [-0.15, -0.1) is 0 Å². The summed E-state index contributed by atoms with van der Waals surface area (Å²) in [5.41, 5.74) is 2.69. The number of carboxylic acids is 1. The molecule has 0 unspecified atom stereocenters. The van der Waals surface area contributed by atoms with Crippen molar-refractivity contribution in [2.75, 3.05) is 26.2 Å². The van der Waals surface area contributed by atoms with E-state index < -0.39 is 5.97 Å². The molecule has 2 fully saturated rings. The highest BCUT2D eigenvalue weighted by Crippen LogP contribution is 2.25. The molecule has 0 saturated carbocycles. The molecule has 0 bridgehead atoms. The van der Waals surface area contributed by atoms with E-state index in [4.69, 9.17) is 5.11 Å². The van der Waals surface area contributed by atoms with Gasteiger partial charge in [0.25, 0.3) is 0 Å². The lowest BCUT2D eigenvalue weighted by molar-refractivity contribution is -0.143. The summed E-state index contributed by atoms with van der Waals surface area (Å²) in [7, 11) is 2.10. The molecule has 5 nitrogen and oxygen atoms in total. The normalized spacial score (nSPS) is 21.4. The van der Waals surface area contributed by atoms with Crippen LogP contribution in [0.1, 0.15) is 31.2 Å². The second-order valence-corrected chi connectivity index (χ2v) is 7.98. The molecule has 1 aromatic carbocycles. The van der Waals surface area contributed by atoms with E-state index in [9.17, 15) is 4.79 Å². The average molecular weight is 355 g/mol. The standard InChI is InChI=1S/C21H29N3O2/c1-22-9-4-17-3-2-16(14-20(17)22)15-23-10-7-19(8-11-23)24-12-5-18(6-13-24)21(25)26/h2-4,9,14,18-19H,5-8,10-13,15H2,1H3,(H,25,26). The van der Waals surface area contributed by atoms with E-state index in [0.29, 0.717) is 6.04 Å². The molecule has 0 amide bonds. The summed E-state index contributed by atoms with van der Waals surface area (Å²) in [6.07, 6.45) is 6.14. The number of aryl methyl sites for hydroxylation is 1. The highest BCUT2D eigenvalue weighted by Gasteiger charge is 2.30. The van der Waals surface area contributed by atoms with Gasteiger partial charge >= 0.3 is 5.97 Å². The quantitative estimate of drug-likeness (QED) is 0.916. The number of piperidine rings is 2. The monoisotopic (exact) mass is 355 g/mol. The Morgan fingerprint density at radius 1 is 1.08 bits per heavy atom. The van der Waals surface area contributed by atoms with E-state index in [-0.39, 0.29) is 5.92 Å². The molecule has 5 heteroatoms. The number of fused-ring (bicyclic) bond motifs is 1. The van der Waals surface area contributed by atoms with Crippen molar-refractivity contribution in [1.82, 2.24) is 14.4 Å². The van der Waals surface area contributed by atoms with Crippen LogP contribution in [-0.4, -0.2) is 57.7 Å². The van der Waals surface area contributed by atoms with Gasteiger partial charge in [-0.3, -0.25) is 9.69 Å². The fraction of sp³-hybridized carbons (Fsp3) is 0.571. The average Bonchev–Trinajstić information content (AvgIpc) is 3.03. The third-order valence-corrected chi connectivity index (χ3v) is 6.31. The molecule has 4 rings (SSSR count). The highest BCUT2D eigenvalue weighted by atomic mass is 16.4. The largest absolute Gasteiger partial charge is 0.481 e. The Balaban J connectivity index is 1.29. The van der Waals surface area contributed by atoms with Crippen molar-refractivity contribution >= 4 is 16.9 Å². The highest BCUT2D eigenvalue weighted by molar-refractivity contribution is 5.80. The summed E-state index contributed by atoms with van der Waals surface area (Å²) in [6.45, 7) is 5.19. The minimum atomic E-state index is -0.616. The fourth-order valence-electron chi connectivity index (χ4n) is 4.62. The van der Waals surface area contributed by atoms with Crippen LogP contribution in [0.3, 0.4) is 0 Å². The number of benzene rings is 1. The van der Waals surface area contributed by atoms with E-state index >= 15 is 0 Å². The molecule has 3 heterocycles. The zero-order chi connectivity index (χ0) is 18.1. The zero-order valence-electron chi connectivity index (χ0n) is 15.6. The van der Waals surface area contributed by atoms with Gasteiger partial charge in [0.2, 0.25) is 0 Å². The maximum atomic E-state index is 11.1. The van der Waals surface area contributed by atoms with E-state index in [0.717, 1.165) is 45.6 Å². The van der Waals surface area contributed by atoms with E-state index in [1.54, 1.807) is 0 Å². The molecular weight excluding hydrogens is 326 g/mol. The summed E-state index contributed by atoms with van der Waals surface area (Å²) in [6, 6.07) is 9.60. The minimum absolute atomic E-state index is 0.126. The zero-order valence-corrected chi connectivity index (χ0v) is 15.6. The summed E-state index contributed by atoms with van der Waals surface area (Å²) in [5.74, 6) is -0.742. The fourth-order valence-corrected chi connectivity index (χ4v) is 4.62. The number of aliphatic carboxylic acids is 1. The Labute approximate surface area is 155 Å². The minimum Gasteiger partial charge on any atom is -0.481 e. The van der Waals surface area contributed by atoms with Crippen LogP contribution in [0.15, 0.2) is 30.5 Å². The first-order chi connectivity index (χ1) is 12.6. The van der Waals surface area contributed by atoms with Crippen LogP contribution in [-0.2, 0) is 18.4 Å². The second kappa shape index (κ2) is 7.41. The second-order valence-electron chi connectivity index (χ2n) is 7.98. The van der Waals surface area contributed by atoms with E-state index in [1.165, 1.54) is 29.3 Å². The molecule has 2 aliphatic heterocycles. The third kappa shape index (κ3) is 3.64. The molecule has 0 radical (unpaired) electrons. The van der Waals surface area contributed by atoms with Gasteiger partial charge in [-0.05, 0) is 74.9 Å². The van der Waals surface area contributed by atoms with Gasteiger partial charge in [-0.25, -0.2) is 0 Å². The molecule has 2 aromatic rings. The number of carboxylic acid groups (broad SMARTS) is 1. The molecule has 0 atom stereocenters. The molecule has 2 aliphatic rings. The topological polar surface area (TPSA) is 48.7 Å². The van der Waals surface area contributed by atoms with Gasteiger partial charge < -0.3 is 14.6 Å². The summed E-state index contributed by atoms with van der Waals surface area (Å²) in [5, 5.41) is 10.5. The summed E-state index contributed by atoms with van der Waals surface area (Å²) >= 11 is 0. The van der Waals surface area contributed by atoms with Gasteiger partial charge in [0.05, 0.1) is 5.92 Å². The van der Waals surface area contributed by atoms with Crippen molar-refractivity contribution in [2.45, 2.75) is 38.3 Å². The maximum absolute atomic E-state index is 11.1. The van der Waals surface area contributed by atoms with Crippen LogP contribution in [0, 0.1) is 5.92 Å². The smallest absolute Gasteiger partial charge is 0.306 e. The lowest BCUT2D eigenvalue weighted by atomic mass is 9.93. The predicted octanol–water partition coefficient (Wildman–Crippen LogP) is 2.94. The van der Waals surface area contributed by atoms with Crippen molar-refractivity contribution in [3.63, 3.8) is 0 Å². The number of hydrogen-bond donors (Lipinski definition) is 1. The van der Waals surface area contributed by atoms with Crippen molar-refractivity contribution in [3.8, 4) is 0 Å². The number of rotatable bonds is 4. The van der Waals surface area contributed by atoms with Crippen LogP contribution < -0.4 is 0 Å². The molecule has 2 saturated heterocycles. The number of carbonyl (C=O) groups is 1. The lowest BCUT2D eigenvalue weighted by Crippen LogP contribution is -2.48.